The maximum Gasteiger partial charge on any atom is 0.119 e. The summed E-state index contributed by atoms with van der Waals surface area (Å²) in [6.45, 7) is 6.36. The van der Waals surface area contributed by atoms with Gasteiger partial charge in [0.05, 0.1) is 17.6 Å². The van der Waals surface area contributed by atoms with Gasteiger partial charge in [-0.2, -0.15) is 0 Å². The van der Waals surface area contributed by atoms with Crippen molar-refractivity contribution >= 4 is 11.0 Å². The lowest BCUT2D eigenvalue weighted by molar-refractivity contribution is 0.0780. The van der Waals surface area contributed by atoms with Crippen LogP contribution in [0.25, 0.3) is 11.0 Å². The van der Waals surface area contributed by atoms with E-state index in [0.29, 0.717) is 12.5 Å². The predicted octanol–water partition coefficient (Wildman–Crippen LogP) is 3.99. The molecule has 1 aliphatic heterocycles. The molecule has 5 heteroatoms. The van der Waals surface area contributed by atoms with Gasteiger partial charge in [0.1, 0.15) is 24.3 Å². The number of para-hydroxylation sites is 2. The third kappa shape index (κ3) is 4.21. The number of aromatic nitrogens is 2. The van der Waals surface area contributed by atoms with E-state index >= 15 is 0 Å². The number of rotatable bonds is 6. The molecule has 1 atom stereocenters. The van der Waals surface area contributed by atoms with E-state index in [1.54, 1.807) is 0 Å². The summed E-state index contributed by atoms with van der Waals surface area (Å²) in [5.41, 5.74) is 4.36. The zero-order valence-electron chi connectivity index (χ0n) is 16.6. The molecule has 0 radical (unpaired) electrons. The monoisotopic (exact) mass is 380 g/mol. The molecule has 2 aromatic carbocycles. The zero-order chi connectivity index (χ0) is 19.5. The number of benzene rings is 2. The molecule has 0 spiro atoms. The summed E-state index contributed by atoms with van der Waals surface area (Å²) in [7, 11) is 0. The second-order valence-electron chi connectivity index (χ2n) is 7.74. The van der Waals surface area contributed by atoms with Crippen molar-refractivity contribution in [1.82, 2.24) is 9.55 Å². The molecule has 1 unspecified atom stereocenters. The second kappa shape index (κ2) is 8.33. The van der Waals surface area contributed by atoms with Crippen LogP contribution in [0, 0.1) is 13.8 Å². The third-order valence-electron chi connectivity index (χ3n) is 5.30. The lowest BCUT2D eigenvalue weighted by Gasteiger charge is -2.23. The summed E-state index contributed by atoms with van der Waals surface area (Å²) in [6.07, 6.45) is 1.33. The SMILES string of the molecule is Cc1cc(C)cc(OCC(O)Cn2c(C3CCOCC3)nc3ccccc32)c1. The molecule has 2 heterocycles. The Morgan fingerprint density at radius 3 is 2.61 bits per heavy atom. The van der Waals surface area contributed by atoms with E-state index in [1.807, 2.05) is 44.2 Å². The first kappa shape index (κ1) is 19.0. The number of aliphatic hydroxyl groups excluding tert-OH is 1. The fourth-order valence-electron chi connectivity index (χ4n) is 4.03. The summed E-state index contributed by atoms with van der Waals surface area (Å²) in [6, 6.07) is 14.2. The van der Waals surface area contributed by atoms with Crippen LogP contribution in [0.15, 0.2) is 42.5 Å². The van der Waals surface area contributed by atoms with Crippen LogP contribution in [-0.2, 0) is 11.3 Å². The molecule has 1 aromatic heterocycles. The van der Waals surface area contributed by atoms with Crippen LogP contribution in [0.4, 0.5) is 0 Å². The van der Waals surface area contributed by atoms with E-state index in [9.17, 15) is 5.11 Å². The molecule has 28 heavy (non-hydrogen) atoms. The van der Waals surface area contributed by atoms with Crippen LogP contribution < -0.4 is 4.74 Å². The van der Waals surface area contributed by atoms with Gasteiger partial charge in [-0.25, -0.2) is 4.98 Å². The molecular formula is C23H28N2O3. The van der Waals surface area contributed by atoms with E-state index in [-0.39, 0.29) is 6.61 Å². The van der Waals surface area contributed by atoms with Gasteiger partial charge in [-0.3, -0.25) is 0 Å². The van der Waals surface area contributed by atoms with Gasteiger partial charge in [0.2, 0.25) is 0 Å². The number of fused-ring (bicyclic) bond motifs is 1. The van der Waals surface area contributed by atoms with Crippen molar-refractivity contribution in [3.63, 3.8) is 0 Å². The minimum Gasteiger partial charge on any atom is -0.491 e. The highest BCUT2D eigenvalue weighted by molar-refractivity contribution is 5.76. The highest BCUT2D eigenvalue weighted by Crippen LogP contribution is 2.29. The molecule has 0 saturated carbocycles. The number of aryl methyl sites for hydroxylation is 2. The van der Waals surface area contributed by atoms with Crippen molar-refractivity contribution in [2.24, 2.45) is 0 Å². The molecule has 4 rings (SSSR count). The summed E-state index contributed by atoms with van der Waals surface area (Å²) in [5, 5.41) is 10.7. The van der Waals surface area contributed by atoms with Gasteiger partial charge in [-0.05, 0) is 62.1 Å². The Labute approximate surface area is 165 Å². The lowest BCUT2D eigenvalue weighted by atomic mass is 9.99. The summed E-state index contributed by atoms with van der Waals surface area (Å²) < 4.78 is 13.6. The van der Waals surface area contributed by atoms with Crippen LogP contribution >= 0.6 is 0 Å². The third-order valence-corrected chi connectivity index (χ3v) is 5.30. The van der Waals surface area contributed by atoms with Gasteiger partial charge < -0.3 is 19.1 Å². The molecule has 0 amide bonds. The standard InChI is InChI=1S/C23H28N2O3/c1-16-11-17(2)13-20(12-16)28-15-19(26)14-25-22-6-4-3-5-21(22)24-23(25)18-7-9-27-10-8-18/h3-6,11-13,18-19,26H,7-10,14-15H2,1-2H3. The first-order valence-corrected chi connectivity index (χ1v) is 10.0. The molecule has 0 aliphatic carbocycles. The van der Waals surface area contributed by atoms with Gasteiger partial charge in [0.15, 0.2) is 0 Å². The Hall–Kier alpha value is -2.37. The van der Waals surface area contributed by atoms with Crippen molar-refractivity contribution < 1.29 is 14.6 Å². The van der Waals surface area contributed by atoms with Gasteiger partial charge in [-0.15, -0.1) is 0 Å². The minimum absolute atomic E-state index is 0.253. The quantitative estimate of drug-likeness (QED) is 0.703. The number of hydrogen-bond donors (Lipinski definition) is 1. The number of hydrogen-bond acceptors (Lipinski definition) is 4. The van der Waals surface area contributed by atoms with E-state index < -0.39 is 6.10 Å². The Morgan fingerprint density at radius 2 is 1.86 bits per heavy atom. The molecule has 0 bridgehead atoms. The Bertz CT molecular complexity index is 924. The van der Waals surface area contributed by atoms with Crippen LogP contribution in [0.5, 0.6) is 5.75 Å². The van der Waals surface area contributed by atoms with Crippen molar-refractivity contribution in [2.45, 2.75) is 45.3 Å². The van der Waals surface area contributed by atoms with Crippen LogP contribution in [0.2, 0.25) is 0 Å². The average Bonchev–Trinajstić information content (AvgIpc) is 3.05. The summed E-state index contributed by atoms with van der Waals surface area (Å²) in [5.74, 6) is 2.22. The normalized spacial score (nSPS) is 16.4. The average molecular weight is 380 g/mol. The molecular weight excluding hydrogens is 352 g/mol. The Morgan fingerprint density at radius 1 is 1.14 bits per heavy atom. The fourth-order valence-corrected chi connectivity index (χ4v) is 4.03. The molecule has 3 aromatic rings. The first-order chi connectivity index (χ1) is 13.6. The van der Waals surface area contributed by atoms with E-state index in [0.717, 1.165) is 59.8 Å². The zero-order valence-corrected chi connectivity index (χ0v) is 16.6. The largest absolute Gasteiger partial charge is 0.491 e. The lowest BCUT2D eigenvalue weighted by Crippen LogP contribution is -2.26. The minimum atomic E-state index is -0.614. The number of imidazole rings is 1. The highest BCUT2D eigenvalue weighted by Gasteiger charge is 2.24. The van der Waals surface area contributed by atoms with Crippen LogP contribution in [0.3, 0.4) is 0 Å². The maximum atomic E-state index is 10.7. The number of aliphatic hydroxyl groups is 1. The highest BCUT2D eigenvalue weighted by atomic mass is 16.5. The first-order valence-electron chi connectivity index (χ1n) is 10.0. The fraction of sp³-hybridized carbons (Fsp3) is 0.435. The molecule has 5 nitrogen and oxygen atoms in total. The van der Waals surface area contributed by atoms with Crippen molar-refractivity contribution in [3.8, 4) is 5.75 Å². The second-order valence-corrected chi connectivity index (χ2v) is 7.74. The van der Waals surface area contributed by atoms with E-state index in [2.05, 4.69) is 16.7 Å². The van der Waals surface area contributed by atoms with Crippen molar-refractivity contribution in [1.29, 1.82) is 0 Å². The topological polar surface area (TPSA) is 56.5 Å². The Kier molecular flexibility index (Phi) is 5.64. The van der Waals surface area contributed by atoms with Gasteiger partial charge in [0.25, 0.3) is 0 Å². The molecule has 1 aliphatic rings. The molecule has 1 saturated heterocycles. The Balaban J connectivity index is 1.52. The molecule has 1 N–H and O–H groups in total. The van der Waals surface area contributed by atoms with Gasteiger partial charge >= 0.3 is 0 Å². The smallest absolute Gasteiger partial charge is 0.119 e. The molecule has 148 valence electrons. The van der Waals surface area contributed by atoms with E-state index in [1.165, 1.54) is 0 Å². The van der Waals surface area contributed by atoms with E-state index in [4.69, 9.17) is 14.5 Å². The summed E-state index contributed by atoms with van der Waals surface area (Å²) in [4.78, 5) is 4.89. The number of ether oxygens (including phenoxy) is 2. The van der Waals surface area contributed by atoms with Gasteiger partial charge in [0, 0.05) is 19.1 Å². The molecule has 1 fully saturated rings. The van der Waals surface area contributed by atoms with Crippen LogP contribution in [0.1, 0.15) is 35.7 Å². The van der Waals surface area contributed by atoms with Crippen molar-refractivity contribution in [2.75, 3.05) is 19.8 Å². The predicted molar refractivity (Wildman–Crippen MR) is 110 cm³/mol. The summed E-state index contributed by atoms with van der Waals surface area (Å²) >= 11 is 0. The van der Waals surface area contributed by atoms with Crippen molar-refractivity contribution in [3.05, 3.63) is 59.4 Å². The maximum absolute atomic E-state index is 10.7. The number of nitrogens with zero attached hydrogens (tertiary/aromatic N) is 2. The van der Waals surface area contributed by atoms with Crippen LogP contribution in [-0.4, -0.2) is 40.6 Å². The van der Waals surface area contributed by atoms with Gasteiger partial charge in [-0.1, -0.05) is 18.2 Å².